The van der Waals surface area contributed by atoms with Gasteiger partial charge in [0, 0.05) is 35.9 Å². The van der Waals surface area contributed by atoms with Crippen LogP contribution in [0.15, 0.2) is 30.3 Å². The highest BCUT2D eigenvalue weighted by molar-refractivity contribution is 7.13. The Morgan fingerprint density at radius 1 is 1.06 bits per heavy atom. The van der Waals surface area contributed by atoms with Crippen LogP contribution in [-0.4, -0.2) is 54.3 Å². The highest BCUT2D eigenvalue weighted by Gasteiger charge is 2.44. The molecule has 1 aromatic heterocycles. The number of carbonyl (C=O) groups excluding carboxylic acids is 2. The number of thiophene rings is 1. The average molecular weight is 506 g/mol. The van der Waals surface area contributed by atoms with Crippen LogP contribution in [0, 0.1) is 29.6 Å². The molecule has 2 fully saturated rings. The molecule has 1 aromatic carbocycles. The molecule has 2 aromatic rings. The van der Waals surface area contributed by atoms with Crippen molar-refractivity contribution >= 4 is 23.2 Å². The number of hydrogen-bond acceptors (Lipinski definition) is 5. The lowest BCUT2D eigenvalue weighted by Gasteiger charge is -2.24. The molecule has 0 aliphatic carbocycles. The number of nitrogens with two attached hydrogens (primary N) is 1. The molecule has 191 valence electrons. The SMILES string of the molecule is CC(C)(C)c1sc(C(C)(C)C(N)=O)c(C#N)c1C(=O)N1CC2CN(CC[CH]c3ccccc3)C[C@H]2C1. The van der Waals surface area contributed by atoms with Crippen LogP contribution in [0.1, 0.15) is 72.3 Å². The van der Waals surface area contributed by atoms with Crippen molar-refractivity contribution in [1.29, 1.82) is 5.26 Å². The minimum atomic E-state index is -1.02. The summed E-state index contributed by atoms with van der Waals surface area (Å²) in [6.45, 7) is 14.0. The van der Waals surface area contributed by atoms with E-state index in [1.165, 1.54) is 16.9 Å². The molecule has 2 saturated heterocycles. The summed E-state index contributed by atoms with van der Waals surface area (Å²) in [5.41, 5.74) is 6.37. The van der Waals surface area contributed by atoms with E-state index in [1.807, 2.05) is 31.7 Å². The van der Waals surface area contributed by atoms with Crippen LogP contribution in [0.4, 0.5) is 0 Å². The summed E-state index contributed by atoms with van der Waals surface area (Å²) in [5.74, 6) is 0.321. The zero-order valence-corrected chi connectivity index (χ0v) is 22.8. The topological polar surface area (TPSA) is 90.4 Å². The molecule has 36 heavy (non-hydrogen) atoms. The van der Waals surface area contributed by atoms with E-state index in [9.17, 15) is 14.9 Å². The van der Waals surface area contributed by atoms with E-state index in [-0.39, 0.29) is 11.3 Å². The third kappa shape index (κ3) is 5.07. The van der Waals surface area contributed by atoms with Gasteiger partial charge in [-0.05, 0) is 56.0 Å². The third-order valence-corrected chi connectivity index (χ3v) is 9.51. The van der Waals surface area contributed by atoms with Crippen molar-refractivity contribution in [2.45, 2.75) is 51.9 Å². The Labute approximate surface area is 219 Å². The Bertz CT molecular complexity index is 1160. The second kappa shape index (κ2) is 9.99. The number of benzene rings is 1. The molecule has 2 N–H and O–H groups in total. The van der Waals surface area contributed by atoms with Crippen molar-refractivity contribution in [3.05, 3.63) is 63.2 Å². The standard InChI is InChI=1S/C29H37N4O2S/c1-28(2,3)25-23(22(14-30)24(36-25)29(4,5)27(31)35)26(34)33-17-20-15-32(16-21(20)18-33)13-9-12-19-10-7-6-8-11-19/h6-8,10-12,20-21H,9,13,15-18H2,1-5H3,(H2,31,35)/t20-,21?/m0/s1. The fourth-order valence-corrected chi connectivity index (χ4v) is 6.83. The number of nitrogens with zero attached hydrogens (tertiary/aromatic N) is 3. The second-order valence-electron chi connectivity index (χ2n) is 11.8. The van der Waals surface area contributed by atoms with Gasteiger partial charge in [-0.1, -0.05) is 51.1 Å². The summed E-state index contributed by atoms with van der Waals surface area (Å²) in [5, 5.41) is 10.1. The van der Waals surface area contributed by atoms with Crippen molar-refractivity contribution in [2.24, 2.45) is 17.6 Å². The van der Waals surface area contributed by atoms with Crippen molar-refractivity contribution in [1.82, 2.24) is 9.80 Å². The van der Waals surface area contributed by atoms with E-state index in [0.717, 1.165) is 30.9 Å². The molecule has 3 heterocycles. The quantitative estimate of drug-likeness (QED) is 0.607. The molecule has 0 saturated carbocycles. The summed E-state index contributed by atoms with van der Waals surface area (Å²) >= 11 is 1.39. The molecular weight excluding hydrogens is 468 g/mol. The summed E-state index contributed by atoms with van der Waals surface area (Å²) in [6, 6.07) is 12.7. The first-order valence-electron chi connectivity index (χ1n) is 12.7. The Balaban J connectivity index is 1.47. The molecule has 0 bridgehead atoms. The molecule has 4 rings (SSSR count). The van der Waals surface area contributed by atoms with Crippen LogP contribution >= 0.6 is 11.3 Å². The van der Waals surface area contributed by atoms with E-state index in [1.54, 1.807) is 13.8 Å². The molecule has 2 aliphatic rings. The molecular formula is C29H37N4O2S. The lowest BCUT2D eigenvalue weighted by molar-refractivity contribution is -0.122. The maximum atomic E-state index is 13.9. The maximum absolute atomic E-state index is 13.9. The number of primary amides is 1. The summed E-state index contributed by atoms with van der Waals surface area (Å²) in [4.78, 5) is 32.0. The minimum Gasteiger partial charge on any atom is -0.369 e. The van der Waals surface area contributed by atoms with Crippen molar-refractivity contribution in [2.75, 3.05) is 32.7 Å². The lowest BCUT2D eigenvalue weighted by atomic mass is 9.85. The molecule has 2 aliphatic heterocycles. The number of amides is 2. The van der Waals surface area contributed by atoms with E-state index >= 15 is 0 Å². The van der Waals surface area contributed by atoms with Gasteiger partial charge in [-0.3, -0.25) is 9.59 Å². The normalized spacial score (nSPS) is 20.4. The van der Waals surface area contributed by atoms with Crippen LogP contribution in [-0.2, 0) is 15.6 Å². The molecule has 1 radical (unpaired) electrons. The van der Waals surface area contributed by atoms with Gasteiger partial charge in [0.1, 0.15) is 6.07 Å². The molecule has 6 nitrogen and oxygen atoms in total. The summed E-state index contributed by atoms with van der Waals surface area (Å²) in [7, 11) is 0. The molecule has 0 spiro atoms. The van der Waals surface area contributed by atoms with Crippen molar-refractivity contribution in [3.8, 4) is 6.07 Å². The maximum Gasteiger partial charge on any atom is 0.256 e. The van der Waals surface area contributed by atoms with Crippen LogP contribution in [0.25, 0.3) is 0 Å². The van der Waals surface area contributed by atoms with Crippen molar-refractivity contribution < 1.29 is 9.59 Å². The van der Waals surface area contributed by atoms with E-state index < -0.39 is 11.3 Å². The zero-order chi connectivity index (χ0) is 26.3. The predicted octanol–water partition coefficient (Wildman–Crippen LogP) is 4.33. The Kier molecular flexibility index (Phi) is 7.32. The van der Waals surface area contributed by atoms with Gasteiger partial charge in [-0.15, -0.1) is 11.3 Å². The monoisotopic (exact) mass is 505 g/mol. The fourth-order valence-electron chi connectivity index (χ4n) is 5.42. The smallest absolute Gasteiger partial charge is 0.256 e. The van der Waals surface area contributed by atoms with Gasteiger partial charge >= 0.3 is 0 Å². The first-order chi connectivity index (χ1) is 16.9. The highest BCUT2D eigenvalue weighted by atomic mass is 32.1. The van der Waals surface area contributed by atoms with Crippen LogP contribution < -0.4 is 5.73 Å². The predicted molar refractivity (Wildman–Crippen MR) is 144 cm³/mol. The van der Waals surface area contributed by atoms with Crippen LogP contribution in [0.5, 0.6) is 0 Å². The van der Waals surface area contributed by atoms with E-state index in [4.69, 9.17) is 5.73 Å². The average Bonchev–Trinajstić information content (AvgIpc) is 3.50. The third-order valence-electron chi connectivity index (χ3n) is 7.57. The number of fused-ring (bicyclic) bond motifs is 1. The molecule has 2 amide bonds. The first-order valence-corrected chi connectivity index (χ1v) is 13.5. The van der Waals surface area contributed by atoms with Gasteiger partial charge < -0.3 is 15.5 Å². The number of likely N-dealkylation sites (tertiary alicyclic amines) is 2. The van der Waals surface area contributed by atoms with E-state index in [2.05, 4.69) is 41.7 Å². The summed E-state index contributed by atoms with van der Waals surface area (Å²) < 4.78 is 0. The zero-order valence-electron chi connectivity index (χ0n) is 22.0. The van der Waals surface area contributed by atoms with Crippen molar-refractivity contribution in [3.63, 3.8) is 0 Å². The van der Waals surface area contributed by atoms with Gasteiger partial charge in [0.25, 0.3) is 5.91 Å². The van der Waals surface area contributed by atoms with Gasteiger partial charge in [0.05, 0.1) is 16.5 Å². The lowest BCUT2D eigenvalue weighted by Crippen LogP contribution is -2.36. The van der Waals surface area contributed by atoms with Crippen LogP contribution in [0.2, 0.25) is 0 Å². The van der Waals surface area contributed by atoms with Gasteiger partial charge in [-0.2, -0.15) is 5.26 Å². The van der Waals surface area contributed by atoms with Crippen LogP contribution in [0.3, 0.4) is 0 Å². The number of rotatable bonds is 7. The second-order valence-corrected chi connectivity index (χ2v) is 12.8. The van der Waals surface area contributed by atoms with Gasteiger partial charge in [0.15, 0.2) is 0 Å². The number of nitriles is 1. The van der Waals surface area contributed by atoms with E-state index in [0.29, 0.717) is 40.9 Å². The Morgan fingerprint density at radius 3 is 2.19 bits per heavy atom. The van der Waals surface area contributed by atoms with Gasteiger partial charge in [0.2, 0.25) is 5.91 Å². The Hall–Kier alpha value is -2.69. The first kappa shape index (κ1) is 26.4. The minimum absolute atomic E-state index is 0.0855. The van der Waals surface area contributed by atoms with Gasteiger partial charge in [-0.25, -0.2) is 0 Å². The number of carbonyl (C=O) groups is 2. The summed E-state index contributed by atoms with van der Waals surface area (Å²) in [6.07, 6.45) is 3.29. The molecule has 1 unspecified atom stereocenters. The largest absolute Gasteiger partial charge is 0.369 e. The fraction of sp³-hybridized carbons (Fsp3) is 0.517. The highest BCUT2D eigenvalue weighted by Crippen LogP contribution is 2.43. The molecule has 7 heteroatoms. The molecule has 2 atom stereocenters. The Morgan fingerprint density at radius 2 is 1.67 bits per heavy atom. The number of hydrogen-bond donors (Lipinski definition) is 1.